The summed E-state index contributed by atoms with van der Waals surface area (Å²) >= 11 is 0. The largest absolute Gasteiger partial charge is 0.198 e. The second-order valence-electron chi connectivity index (χ2n) is 2.98. The average molecular weight is 149 g/mol. The number of hydrogen-bond acceptors (Lipinski definition) is 1. The van der Waals surface area contributed by atoms with E-state index in [-0.39, 0.29) is 0 Å². The van der Waals surface area contributed by atoms with Crippen LogP contribution in [0.15, 0.2) is 23.8 Å². The second-order valence-corrected chi connectivity index (χ2v) is 2.98. The van der Waals surface area contributed by atoms with Crippen LogP contribution in [0.3, 0.4) is 0 Å². The lowest BCUT2D eigenvalue weighted by atomic mass is 10.1. The van der Waals surface area contributed by atoms with Crippen molar-refractivity contribution in [1.29, 1.82) is 5.26 Å². The summed E-state index contributed by atoms with van der Waals surface area (Å²) in [6.07, 6.45) is 6.64. The van der Waals surface area contributed by atoms with Crippen molar-refractivity contribution in [2.45, 2.75) is 27.2 Å². The van der Waals surface area contributed by atoms with Crippen molar-refractivity contribution in [1.82, 2.24) is 0 Å². The zero-order valence-corrected chi connectivity index (χ0v) is 7.46. The van der Waals surface area contributed by atoms with Crippen LogP contribution in [0.4, 0.5) is 0 Å². The molecule has 0 radical (unpaired) electrons. The first kappa shape index (κ1) is 9.97. The molecule has 1 heteroatoms. The van der Waals surface area contributed by atoms with Crippen molar-refractivity contribution in [2.75, 3.05) is 0 Å². The standard InChI is InChI=1S/C10H15N/c1-9(2)5-4-6-10(3)7-8-11/h4-6,9H,7H2,1-3H3/b5-4+,10-6-. The Morgan fingerprint density at radius 3 is 2.64 bits per heavy atom. The molecule has 11 heavy (non-hydrogen) atoms. The minimum atomic E-state index is 0.530. The Bertz CT molecular complexity index is 191. The van der Waals surface area contributed by atoms with Crippen molar-refractivity contribution in [2.24, 2.45) is 5.92 Å². The molecule has 0 aliphatic carbocycles. The number of nitriles is 1. The second kappa shape index (κ2) is 5.73. The zero-order valence-electron chi connectivity index (χ0n) is 7.46. The molecule has 0 bridgehead atoms. The molecule has 0 amide bonds. The van der Waals surface area contributed by atoms with E-state index >= 15 is 0 Å². The highest BCUT2D eigenvalue weighted by Crippen LogP contribution is 2.00. The molecule has 0 spiro atoms. The van der Waals surface area contributed by atoms with Gasteiger partial charge in [-0.05, 0) is 12.8 Å². The van der Waals surface area contributed by atoms with E-state index in [4.69, 9.17) is 5.26 Å². The first-order chi connectivity index (χ1) is 5.16. The van der Waals surface area contributed by atoms with Crippen LogP contribution in [0, 0.1) is 17.2 Å². The van der Waals surface area contributed by atoms with E-state index in [1.54, 1.807) is 0 Å². The topological polar surface area (TPSA) is 23.8 Å². The predicted molar refractivity (Wildman–Crippen MR) is 48.0 cm³/mol. The molecule has 0 aromatic heterocycles. The highest BCUT2D eigenvalue weighted by molar-refractivity contribution is 5.13. The third kappa shape index (κ3) is 6.86. The summed E-state index contributed by atoms with van der Waals surface area (Å²) < 4.78 is 0. The van der Waals surface area contributed by atoms with Crippen LogP contribution in [0.25, 0.3) is 0 Å². The maximum atomic E-state index is 8.33. The molecule has 60 valence electrons. The zero-order chi connectivity index (χ0) is 8.69. The van der Waals surface area contributed by atoms with Crippen LogP contribution in [0.2, 0.25) is 0 Å². The fourth-order valence-corrected chi connectivity index (χ4v) is 0.626. The van der Waals surface area contributed by atoms with E-state index in [0.29, 0.717) is 12.3 Å². The Morgan fingerprint density at radius 1 is 1.55 bits per heavy atom. The fraction of sp³-hybridized carbons (Fsp3) is 0.500. The molecular formula is C10H15N. The molecule has 0 aromatic rings. The Hall–Kier alpha value is -1.03. The van der Waals surface area contributed by atoms with Gasteiger partial charge in [0.2, 0.25) is 0 Å². The Kier molecular flexibility index (Phi) is 5.20. The van der Waals surface area contributed by atoms with E-state index in [1.807, 2.05) is 19.1 Å². The monoisotopic (exact) mass is 149 g/mol. The molecular weight excluding hydrogens is 134 g/mol. The summed E-state index contributed by atoms with van der Waals surface area (Å²) in [5.74, 6) is 0.584. The van der Waals surface area contributed by atoms with Gasteiger partial charge in [0.15, 0.2) is 0 Å². The lowest BCUT2D eigenvalue weighted by molar-refractivity contribution is 0.832. The van der Waals surface area contributed by atoms with Gasteiger partial charge in [0.05, 0.1) is 12.5 Å². The minimum Gasteiger partial charge on any atom is -0.198 e. The van der Waals surface area contributed by atoms with Gasteiger partial charge >= 0.3 is 0 Å². The smallest absolute Gasteiger partial charge is 0.0666 e. The molecule has 0 aromatic carbocycles. The highest BCUT2D eigenvalue weighted by Gasteiger charge is 1.84. The van der Waals surface area contributed by atoms with Crippen LogP contribution < -0.4 is 0 Å². The molecule has 0 saturated carbocycles. The Morgan fingerprint density at radius 2 is 2.18 bits per heavy atom. The van der Waals surface area contributed by atoms with Gasteiger partial charge in [0, 0.05) is 0 Å². The van der Waals surface area contributed by atoms with Gasteiger partial charge in [0.25, 0.3) is 0 Å². The third-order valence-corrected chi connectivity index (χ3v) is 1.23. The summed E-state index contributed by atoms with van der Waals surface area (Å²) in [6.45, 7) is 6.22. The lowest BCUT2D eigenvalue weighted by Gasteiger charge is -1.91. The van der Waals surface area contributed by atoms with Gasteiger partial charge in [-0.25, -0.2) is 0 Å². The van der Waals surface area contributed by atoms with Crippen LogP contribution in [-0.4, -0.2) is 0 Å². The van der Waals surface area contributed by atoms with Gasteiger partial charge in [-0.3, -0.25) is 0 Å². The first-order valence-corrected chi connectivity index (χ1v) is 3.87. The van der Waals surface area contributed by atoms with Crippen molar-refractivity contribution >= 4 is 0 Å². The average Bonchev–Trinajstić information content (AvgIpc) is 1.87. The van der Waals surface area contributed by atoms with Crippen molar-refractivity contribution in [3.8, 4) is 6.07 Å². The fourth-order valence-electron chi connectivity index (χ4n) is 0.626. The van der Waals surface area contributed by atoms with Crippen molar-refractivity contribution in [3.05, 3.63) is 23.8 Å². The Labute approximate surface area is 69.0 Å². The van der Waals surface area contributed by atoms with Gasteiger partial charge in [-0.1, -0.05) is 37.6 Å². The number of nitrogens with zero attached hydrogens (tertiary/aromatic N) is 1. The quantitative estimate of drug-likeness (QED) is 0.566. The molecule has 0 fully saturated rings. The van der Waals surface area contributed by atoms with Crippen LogP contribution >= 0.6 is 0 Å². The molecule has 1 nitrogen and oxygen atoms in total. The molecule has 0 aliphatic heterocycles. The molecule has 0 N–H and O–H groups in total. The lowest BCUT2D eigenvalue weighted by Crippen LogP contribution is -1.76. The Balaban J connectivity index is 3.83. The molecule has 0 rings (SSSR count). The van der Waals surface area contributed by atoms with E-state index in [2.05, 4.69) is 26.0 Å². The van der Waals surface area contributed by atoms with Gasteiger partial charge < -0.3 is 0 Å². The van der Waals surface area contributed by atoms with Gasteiger partial charge in [-0.2, -0.15) is 5.26 Å². The predicted octanol–water partition coefficient (Wildman–Crippen LogP) is 3.06. The molecule has 0 aliphatic rings. The molecule has 0 unspecified atom stereocenters. The van der Waals surface area contributed by atoms with Gasteiger partial charge in [-0.15, -0.1) is 0 Å². The van der Waals surface area contributed by atoms with Crippen LogP contribution in [0.5, 0.6) is 0 Å². The van der Waals surface area contributed by atoms with Crippen molar-refractivity contribution < 1.29 is 0 Å². The number of hydrogen-bond donors (Lipinski definition) is 0. The van der Waals surface area contributed by atoms with E-state index in [0.717, 1.165) is 5.57 Å². The number of rotatable bonds is 3. The van der Waals surface area contributed by atoms with E-state index in [1.165, 1.54) is 0 Å². The highest BCUT2D eigenvalue weighted by atomic mass is 14.2. The van der Waals surface area contributed by atoms with Crippen LogP contribution in [-0.2, 0) is 0 Å². The van der Waals surface area contributed by atoms with E-state index in [9.17, 15) is 0 Å². The van der Waals surface area contributed by atoms with Crippen LogP contribution in [0.1, 0.15) is 27.2 Å². The summed E-state index contributed by atoms with van der Waals surface area (Å²) in [6, 6.07) is 2.10. The van der Waals surface area contributed by atoms with Gasteiger partial charge in [0.1, 0.15) is 0 Å². The first-order valence-electron chi connectivity index (χ1n) is 3.87. The summed E-state index contributed by atoms with van der Waals surface area (Å²) in [5.41, 5.74) is 1.12. The SMILES string of the molecule is C/C(=C/C=C/C(C)C)CC#N. The summed E-state index contributed by atoms with van der Waals surface area (Å²) in [4.78, 5) is 0. The minimum absolute atomic E-state index is 0.530. The normalized spacial score (nSPS) is 12.5. The van der Waals surface area contributed by atoms with Crippen molar-refractivity contribution in [3.63, 3.8) is 0 Å². The summed E-state index contributed by atoms with van der Waals surface area (Å²) in [5, 5.41) is 8.33. The molecule has 0 heterocycles. The molecule has 0 saturated heterocycles. The third-order valence-electron chi connectivity index (χ3n) is 1.23. The maximum Gasteiger partial charge on any atom is 0.0666 e. The maximum absolute atomic E-state index is 8.33. The van der Waals surface area contributed by atoms with E-state index < -0.39 is 0 Å². The number of allylic oxidation sites excluding steroid dienone is 4. The summed E-state index contributed by atoms with van der Waals surface area (Å²) in [7, 11) is 0. The molecule has 0 atom stereocenters.